The van der Waals surface area contributed by atoms with Crippen molar-refractivity contribution in [3.63, 3.8) is 0 Å². The SMILES string of the molecule is O=S(=O)(c1ccccc1)c1scc[s+]1. The van der Waals surface area contributed by atoms with Gasteiger partial charge in [0.25, 0.3) is 9.84 Å². The van der Waals surface area contributed by atoms with E-state index in [0.29, 0.717) is 8.42 Å². The molecule has 0 aliphatic rings. The van der Waals surface area contributed by atoms with Crippen molar-refractivity contribution in [2.45, 2.75) is 8.42 Å². The Morgan fingerprint density at radius 3 is 2.43 bits per heavy atom. The van der Waals surface area contributed by atoms with Gasteiger partial charge in [-0.2, -0.15) is 0 Å². The van der Waals surface area contributed by atoms with Gasteiger partial charge < -0.3 is 0 Å². The van der Waals surface area contributed by atoms with E-state index in [0.717, 1.165) is 0 Å². The van der Waals surface area contributed by atoms with Crippen molar-refractivity contribution < 1.29 is 8.42 Å². The van der Waals surface area contributed by atoms with Crippen LogP contribution in [0, 0.1) is 0 Å². The van der Waals surface area contributed by atoms with E-state index in [1.807, 2.05) is 0 Å². The molecule has 1 aromatic carbocycles. The molecule has 5 heteroatoms. The largest absolute Gasteiger partial charge is 0.373 e. The van der Waals surface area contributed by atoms with Crippen LogP contribution in [0.2, 0.25) is 0 Å². The maximum atomic E-state index is 11.9. The third kappa shape index (κ3) is 1.70. The van der Waals surface area contributed by atoms with Crippen LogP contribution in [0.1, 0.15) is 0 Å². The smallest absolute Gasteiger partial charge is 0.213 e. The average Bonchev–Trinajstić information content (AvgIpc) is 2.72. The van der Waals surface area contributed by atoms with Crippen LogP contribution in [0.3, 0.4) is 0 Å². The van der Waals surface area contributed by atoms with Gasteiger partial charge in [0.1, 0.15) is 10.8 Å². The zero-order valence-corrected chi connectivity index (χ0v) is 9.53. The molecule has 1 aromatic heterocycles. The lowest BCUT2D eigenvalue weighted by Crippen LogP contribution is -1.97. The topological polar surface area (TPSA) is 34.1 Å². The monoisotopic (exact) mass is 243 g/mol. The normalized spacial score (nSPS) is 11.4. The predicted octanol–water partition coefficient (Wildman–Crippen LogP) is 2.92. The zero-order valence-electron chi connectivity index (χ0n) is 7.08. The number of benzene rings is 1. The van der Waals surface area contributed by atoms with Gasteiger partial charge in [-0.15, -0.1) is 0 Å². The van der Waals surface area contributed by atoms with Crippen molar-refractivity contribution in [3.05, 3.63) is 41.1 Å². The quantitative estimate of drug-likeness (QED) is 0.760. The first-order valence-electron chi connectivity index (χ1n) is 3.87. The van der Waals surface area contributed by atoms with Gasteiger partial charge in [-0.3, -0.25) is 0 Å². The van der Waals surface area contributed by atoms with E-state index in [2.05, 4.69) is 0 Å². The number of hydrogen-bond acceptors (Lipinski definition) is 3. The fourth-order valence-corrected chi connectivity index (χ4v) is 4.87. The second kappa shape index (κ2) is 3.76. The van der Waals surface area contributed by atoms with Crippen molar-refractivity contribution in [2.75, 3.05) is 0 Å². The van der Waals surface area contributed by atoms with E-state index < -0.39 is 9.84 Å². The first-order chi connectivity index (χ1) is 6.71. The summed E-state index contributed by atoms with van der Waals surface area (Å²) in [5.41, 5.74) is 0. The van der Waals surface area contributed by atoms with E-state index in [-0.39, 0.29) is 0 Å². The predicted molar refractivity (Wildman–Crippen MR) is 58.5 cm³/mol. The Hall–Kier alpha value is -0.780. The van der Waals surface area contributed by atoms with Crippen LogP contribution in [0.4, 0.5) is 0 Å². The molecule has 0 fully saturated rings. The lowest BCUT2D eigenvalue weighted by Gasteiger charge is -1.94. The molecule has 0 atom stereocenters. The molecular weight excluding hydrogens is 236 g/mol. The van der Waals surface area contributed by atoms with Crippen molar-refractivity contribution in [1.82, 2.24) is 0 Å². The summed E-state index contributed by atoms with van der Waals surface area (Å²) in [6.45, 7) is 0. The van der Waals surface area contributed by atoms with Crippen LogP contribution in [0.15, 0.2) is 49.5 Å². The van der Waals surface area contributed by atoms with E-state index in [1.54, 1.807) is 41.1 Å². The lowest BCUT2D eigenvalue weighted by molar-refractivity contribution is 0.599. The van der Waals surface area contributed by atoms with Crippen LogP contribution in [0.5, 0.6) is 0 Å². The summed E-state index contributed by atoms with van der Waals surface area (Å²) in [5.74, 6) is 0. The second-order valence-corrected chi connectivity index (χ2v) is 7.07. The van der Waals surface area contributed by atoms with E-state index in [1.165, 1.54) is 22.7 Å². The number of sulfone groups is 1. The molecule has 14 heavy (non-hydrogen) atoms. The Morgan fingerprint density at radius 1 is 1.14 bits per heavy atom. The summed E-state index contributed by atoms with van der Waals surface area (Å²) in [7, 11) is -3.26. The molecule has 72 valence electrons. The summed E-state index contributed by atoms with van der Waals surface area (Å²) in [5, 5.41) is 3.56. The third-order valence-corrected chi connectivity index (χ3v) is 6.56. The molecule has 0 aliphatic carbocycles. The minimum atomic E-state index is -3.26. The van der Waals surface area contributed by atoms with Gasteiger partial charge in [0.15, 0.2) is 0 Å². The summed E-state index contributed by atoms with van der Waals surface area (Å²) in [4.78, 5) is 0.360. The average molecular weight is 243 g/mol. The minimum absolute atomic E-state index is 0.360. The molecule has 0 saturated heterocycles. The molecule has 0 N–H and O–H groups in total. The zero-order chi connectivity index (χ0) is 10.0. The Bertz CT molecular complexity index is 500. The van der Waals surface area contributed by atoms with Crippen molar-refractivity contribution in [2.24, 2.45) is 0 Å². The van der Waals surface area contributed by atoms with Gasteiger partial charge in [0, 0.05) is 0 Å². The molecule has 0 bridgehead atoms. The van der Waals surface area contributed by atoms with Crippen LogP contribution >= 0.6 is 22.7 Å². The number of hydrogen-bond donors (Lipinski definition) is 0. The summed E-state index contributed by atoms with van der Waals surface area (Å²) in [6, 6.07) is 8.48. The fraction of sp³-hybridized carbons (Fsp3) is 0. The lowest BCUT2D eigenvalue weighted by atomic mass is 10.4. The first kappa shape index (κ1) is 9.76. The van der Waals surface area contributed by atoms with E-state index in [9.17, 15) is 8.42 Å². The van der Waals surface area contributed by atoms with Crippen molar-refractivity contribution in [3.8, 4) is 0 Å². The molecular formula is C9H7O2S3+. The Kier molecular flexibility index (Phi) is 2.62. The van der Waals surface area contributed by atoms with E-state index >= 15 is 0 Å². The Balaban J connectivity index is 2.55. The molecule has 0 aliphatic heterocycles. The van der Waals surface area contributed by atoms with Crippen molar-refractivity contribution >= 4 is 32.5 Å². The molecule has 0 unspecified atom stereocenters. The molecule has 2 rings (SSSR count). The van der Waals surface area contributed by atoms with Crippen molar-refractivity contribution in [1.29, 1.82) is 0 Å². The van der Waals surface area contributed by atoms with E-state index in [4.69, 9.17) is 0 Å². The third-order valence-electron chi connectivity index (χ3n) is 1.66. The maximum absolute atomic E-state index is 11.9. The fourth-order valence-electron chi connectivity index (χ4n) is 1.02. The van der Waals surface area contributed by atoms with Gasteiger partial charge in [-0.25, -0.2) is 8.42 Å². The molecule has 2 nitrogen and oxygen atoms in total. The molecule has 0 saturated carbocycles. The molecule has 1 heterocycles. The first-order valence-corrected chi connectivity index (χ1v) is 7.11. The molecule has 2 aromatic rings. The van der Waals surface area contributed by atoms with Crippen LogP contribution in [-0.2, 0) is 9.84 Å². The highest BCUT2D eigenvalue weighted by Crippen LogP contribution is 2.28. The summed E-state index contributed by atoms with van der Waals surface area (Å²) in [6.07, 6.45) is 0. The van der Waals surface area contributed by atoms with Gasteiger partial charge in [0.2, 0.25) is 0 Å². The van der Waals surface area contributed by atoms with Gasteiger partial charge >= 0.3 is 3.52 Å². The van der Waals surface area contributed by atoms with Gasteiger partial charge in [-0.05, 0) is 12.1 Å². The summed E-state index contributed by atoms with van der Waals surface area (Å²) >= 11 is 2.51. The highest BCUT2D eigenvalue weighted by atomic mass is 32.3. The van der Waals surface area contributed by atoms with Crippen LogP contribution in [0.25, 0.3) is 0 Å². The standard InChI is InChI=1S/C9H7O2S3/c10-14(11,9-12-6-7-13-9)8-4-2-1-3-5-8/h1-7H/q+1. The second-order valence-electron chi connectivity index (χ2n) is 2.57. The molecule has 0 spiro atoms. The van der Waals surface area contributed by atoms with Gasteiger partial charge in [0.05, 0.1) is 27.6 Å². The van der Waals surface area contributed by atoms with Gasteiger partial charge in [-0.1, -0.05) is 18.2 Å². The van der Waals surface area contributed by atoms with Crippen LogP contribution in [-0.4, -0.2) is 8.42 Å². The highest BCUT2D eigenvalue weighted by Gasteiger charge is 2.27. The molecule has 0 amide bonds. The Morgan fingerprint density at radius 2 is 1.86 bits per heavy atom. The van der Waals surface area contributed by atoms with Crippen LogP contribution < -0.4 is 0 Å². The molecule has 0 radical (unpaired) electrons. The summed E-state index contributed by atoms with van der Waals surface area (Å²) < 4.78 is 24.3. The minimum Gasteiger partial charge on any atom is -0.213 e. The highest BCUT2D eigenvalue weighted by molar-refractivity contribution is 7.95. The number of rotatable bonds is 2. The maximum Gasteiger partial charge on any atom is 0.373 e. The Labute approximate surface area is 90.4 Å².